The molecule has 3 nitrogen and oxygen atoms in total. The Bertz CT molecular complexity index is 4090. The van der Waals surface area contributed by atoms with Crippen LogP contribution in [0.3, 0.4) is 0 Å². The van der Waals surface area contributed by atoms with Crippen molar-refractivity contribution in [1.29, 1.82) is 0 Å². The number of rotatable bonds is 7. The second-order valence-corrected chi connectivity index (χ2v) is 19.2. The van der Waals surface area contributed by atoms with Crippen molar-refractivity contribution in [3.05, 3.63) is 271 Å². The van der Waals surface area contributed by atoms with Gasteiger partial charge in [0.1, 0.15) is 0 Å². The Hall–Kier alpha value is -8.83. The molecule has 0 aliphatic heterocycles. The SMILES string of the molecule is c1ccc(-c2nc(-c3cccc(-c4ccccc4C4(c5ccccc5)c5ccccc5-c5ccccc54)c3)nc(-c3cccc4sc5c(-c6c7ccccc7cc7ccccc67)cccc5c34)n2)cc1. The van der Waals surface area contributed by atoms with Crippen LogP contribution in [-0.4, -0.2) is 15.0 Å². The second-order valence-electron chi connectivity index (χ2n) is 18.2. The molecule has 0 saturated carbocycles. The van der Waals surface area contributed by atoms with Gasteiger partial charge in [0.05, 0.1) is 5.41 Å². The van der Waals surface area contributed by atoms with Gasteiger partial charge in [0.15, 0.2) is 17.5 Å². The van der Waals surface area contributed by atoms with Gasteiger partial charge in [-0.3, -0.25) is 0 Å². The normalized spacial score (nSPS) is 12.7. The monoisotopic (exact) mass is 907 g/mol. The van der Waals surface area contributed by atoms with E-state index in [1.54, 1.807) is 0 Å². The number of hydrogen-bond donors (Lipinski definition) is 0. The molecule has 0 bridgehead atoms. The minimum Gasteiger partial charge on any atom is -0.208 e. The smallest absolute Gasteiger partial charge is 0.164 e. The van der Waals surface area contributed by atoms with Gasteiger partial charge in [-0.05, 0) is 89.8 Å². The summed E-state index contributed by atoms with van der Waals surface area (Å²) in [6.45, 7) is 0. The van der Waals surface area contributed by atoms with Crippen LogP contribution in [0.2, 0.25) is 0 Å². The zero-order chi connectivity index (χ0) is 46.2. The summed E-state index contributed by atoms with van der Waals surface area (Å²) in [6, 6.07) is 90.0. The van der Waals surface area contributed by atoms with Gasteiger partial charge in [-0.1, -0.05) is 231 Å². The third-order valence-corrected chi connectivity index (χ3v) is 15.6. The summed E-state index contributed by atoms with van der Waals surface area (Å²) in [6.07, 6.45) is 0. The van der Waals surface area contributed by atoms with E-state index in [2.05, 4.69) is 231 Å². The van der Waals surface area contributed by atoms with Crippen LogP contribution < -0.4 is 0 Å². The van der Waals surface area contributed by atoms with Crippen molar-refractivity contribution in [2.45, 2.75) is 5.41 Å². The zero-order valence-corrected chi connectivity index (χ0v) is 38.7. The number of benzene rings is 11. The molecule has 0 N–H and O–H groups in total. The lowest BCUT2D eigenvalue weighted by Crippen LogP contribution is -2.29. The van der Waals surface area contributed by atoms with Crippen LogP contribution in [0.4, 0.5) is 0 Å². The number of hydrogen-bond acceptors (Lipinski definition) is 4. The molecule has 2 aromatic heterocycles. The first-order valence-corrected chi connectivity index (χ1v) is 24.7. The molecule has 4 heteroatoms. The molecule has 14 rings (SSSR count). The van der Waals surface area contributed by atoms with E-state index in [1.165, 1.54) is 80.8 Å². The van der Waals surface area contributed by atoms with Gasteiger partial charge in [-0.2, -0.15) is 0 Å². The first-order chi connectivity index (χ1) is 34.7. The van der Waals surface area contributed by atoms with E-state index in [0.717, 1.165) is 33.2 Å². The lowest BCUT2D eigenvalue weighted by atomic mass is 9.66. The molecule has 0 radical (unpaired) electrons. The Morgan fingerprint density at radius 3 is 1.49 bits per heavy atom. The average molecular weight is 908 g/mol. The maximum Gasteiger partial charge on any atom is 0.164 e. The first kappa shape index (κ1) is 40.3. The van der Waals surface area contributed by atoms with Crippen molar-refractivity contribution in [2.24, 2.45) is 0 Å². The summed E-state index contributed by atoms with van der Waals surface area (Å²) in [5.41, 5.74) is 14.6. The van der Waals surface area contributed by atoms with Gasteiger partial charge >= 0.3 is 0 Å². The van der Waals surface area contributed by atoms with Crippen LogP contribution in [-0.2, 0) is 5.41 Å². The van der Waals surface area contributed by atoms with Gasteiger partial charge in [0.25, 0.3) is 0 Å². The van der Waals surface area contributed by atoms with Crippen LogP contribution in [0.25, 0.3) is 109 Å². The molecule has 11 aromatic carbocycles. The van der Waals surface area contributed by atoms with E-state index in [-0.39, 0.29) is 0 Å². The molecular formula is C66H41N3S. The molecule has 0 spiro atoms. The highest BCUT2D eigenvalue weighted by atomic mass is 32.1. The zero-order valence-electron chi connectivity index (χ0n) is 37.9. The Balaban J connectivity index is 0.963. The number of thiophene rings is 1. The summed E-state index contributed by atoms with van der Waals surface area (Å²) in [5.74, 6) is 1.90. The summed E-state index contributed by atoms with van der Waals surface area (Å²) >= 11 is 1.84. The van der Waals surface area contributed by atoms with Crippen molar-refractivity contribution in [1.82, 2.24) is 15.0 Å². The van der Waals surface area contributed by atoms with E-state index in [1.807, 2.05) is 29.5 Å². The maximum absolute atomic E-state index is 5.44. The predicted octanol–water partition coefficient (Wildman–Crippen LogP) is 17.2. The van der Waals surface area contributed by atoms with E-state index in [9.17, 15) is 0 Å². The molecular weight excluding hydrogens is 867 g/mol. The van der Waals surface area contributed by atoms with E-state index in [0.29, 0.717) is 17.5 Å². The number of aromatic nitrogens is 3. The molecule has 0 unspecified atom stereocenters. The Morgan fingerprint density at radius 2 is 0.786 bits per heavy atom. The predicted molar refractivity (Wildman–Crippen MR) is 292 cm³/mol. The van der Waals surface area contributed by atoms with Crippen LogP contribution in [0.5, 0.6) is 0 Å². The van der Waals surface area contributed by atoms with Crippen LogP contribution in [0.15, 0.2) is 249 Å². The Labute approximate surface area is 409 Å². The summed E-state index contributed by atoms with van der Waals surface area (Å²) in [4.78, 5) is 16.0. The van der Waals surface area contributed by atoms with E-state index < -0.39 is 5.41 Å². The van der Waals surface area contributed by atoms with Crippen molar-refractivity contribution in [2.75, 3.05) is 0 Å². The van der Waals surface area contributed by atoms with Crippen molar-refractivity contribution < 1.29 is 0 Å². The van der Waals surface area contributed by atoms with E-state index in [4.69, 9.17) is 15.0 Å². The summed E-state index contributed by atoms with van der Waals surface area (Å²) in [7, 11) is 0. The largest absolute Gasteiger partial charge is 0.208 e. The van der Waals surface area contributed by atoms with Crippen LogP contribution in [0, 0.1) is 0 Å². The minimum absolute atomic E-state index is 0.551. The Morgan fingerprint density at radius 1 is 0.314 bits per heavy atom. The molecule has 70 heavy (non-hydrogen) atoms. The molecule has 1 aliphatic carbocycles. The van der Waals surface area contributed by atoms with Gasteiger partial charge in [-0.25, -0.2) is 15.0 Å². The first-order valence-electron chi connectivity index (χ1n) is 23.8. The van der Waals surface area contributed by atoms with Gasteiger partial charge in [-0.15, -0.1) is 11.3 Å². The third-order valence-electron chi connectivity index (χ3n) is 14.4. The summed E-state index contributed by atoms with van der Waals surface area (Å²) < 4.78 is 2.44. The molecule has 0 amide bonds. The standard InChI is InChI=1S/C66H41N3S/c1-3-20-42(21-4-1)63-67-64(46-25-17-24-43(41-46)48-28-11-14-36-56(48)66(47-26-5-2-6-27-47)57-37-15-12-31-51(57)52-32-13-16-38-58(52)66)69-65(68-63)55-35-19-39-59-61(55)54-34-18-33-53(62(54)70-59)60-49-29-9-7-22-44(49)40-45-23-8-10-30-50(45)60/h1-41H. The van der Waals surface area contributed by atoms with Crippen molar-refractivity contribution in [3.63, 3.8) is 0 Å². The fourth-order valence-corrected chi connectivity index (χ4v) is 12.7. The van der Waals surface area contributed by atoms with E-state index >= 15 is 0 Å². The number of fused-ring (bicyclic) bond motifs is 8. The molecule has 1 aliphatic rings. The molecule has 326 valence electrons. The highest BCUT2D eigenvalue weighted by molar-refractivity contribution is 7.26. The van der Waals surface area contributed by atoms with Crippen LogP contribution in [0.1, 0.15) is 22.3 Å². The third kappa shape index (κ3) is 6.17. The van der Waals surface area contributed by atoms with Crippen molar-refractivity contribution >= 4 is 53.1 Å². The van der Waals surface area contributed by atoms with Crippen LogP contribution >= 0.6 is 11.3 Å². The molecule has 0 fully saturated rings. The van der Waals surface area contributed by atoms with Gasteiger partial charge in [0, 0.05) is 42.4 Å². The minimum atomic E-state index is -0.551. The Kier molecular flexibility index (Phi) is 9.29. The number of nitrogens with zero attached hydrogens (tertiary/aromatic N) is 3. The fourth-order valence-electron chi connectivity index (χ4n) is 11.4. The quantitative estimate of drug-likeness (QED) is 0.150. The average Bonchev–Trinajstić information content (AvgIpc) is 3.97. The lowest BCUT2D eigenvalue weighted by Gasteiger charge is -2.35. The van der Waals surface area contributed by atoms with Crippen molar-refractivity contribution in [3.8, 4) is 67.5 Å². The molecule has 13 aromatic rings. The highest BCUT2D eigenvalue weighted by Crippen LogP contribution is 2.58. The molecule has 2 heterocycles. The second kappa shape index (κ2) is 16.2. The molecule has 0 atom stereocenters. The fraction of sp³-hybridized carbons (Fsp3) is 0.0152. The maximum atomic E-state index is 5.44. The van der Waals surface area contributed by atoms with Gasteiger partial charge in [0.2, 0.25) is 0 Å². The summed E-state index contributed by atoms with van der Waals surface area (Å²) in [5, 5.41) is 7.31. The lowest BCUT2D eigenvalue weighted by molar-refractivity contribution is 0.770. The highest BCUT2D eigenvalue weighted by Gasteiger charge is 2.47. The van der Waals surface area contributed by atoms with Gasteiger partial charge < -0.3 is 0 Å². The molecule has 0 saturated heterocycles. The topological polar surface area (TPSA) is 38.7 Å².